The van der Waals surface area contributed by atoms with Crippen LogP contribution in [-0.2, 0) is 21.6 Å². The molecule has 0 saturated carbocycles. The van der Waals surface area contributed by atoms with Crippen molar-refractivity contribution in [3.63, 3.8) is 0 Å². The minimum absolute atomic E-state index is 0.287. The molecule has 1 N–H and O–H groups in total. The van der Waals surface area contributed by atoms with Crippen molar-refractivity contribution >= 4 is 17.6 Å². The van der Waals surface area contributed by atoms with Crippen LogP contribution < -0.4 is 5.32 Å². The second kappa shape index (κ2) is 17.0. The molecule has 0 aliphatic carbocycles. The predicted octanol–water partition coefficient (Wildman–Crippen LogP) is 9.95. The average molecular weight is 765 g/mol. The molecule has 0 radical (unpaired) electrons. The number of allylic oxidation sites excluding steroid dienone is 1. The van der Waals surface area contributed by atoms with Crippen LogP contribution in [-0.4, -0.2) is 48.7 Å². The summed E-state index contributed by atoms with van der Waals surface area (Å²) in [4.78, 5) is 15.8. The molecular formula is C47H49ClN6O2. The van der Waals surface area contributed by atoms with Gasteiger partial charge in [-0.05, 0) is 70.5 Å². The highest BCUT2D eigenvalue weighted by Gasteiger charge is 2.47. The van der Waals surface area contributed by atoms with Crippen LogP contribution in [0.15, 0.2) is 151 Å². The number of rotatable bonds is 15. The summed E-state index contributed by atoms with van der Waals surface area (Å²) in [6.45, 7) is 8.89. The number of carbonyl (C=O) groups excluding carboxylic acids is 1. The maximum absolute atomic E-state index is 13.6. The Morgan fingerprint density at radius 1 is 0.750 bits per heavy atom. The summed E-state index contributed by atoms with van der Waals surface area (Å²) in [5.41, 5.74) is 7.02. The summed E-state index contributed by atoms with van der Waals surface area (Å²) >= 11 is 6.74. The van der Waals surface area contributed by atoms with Crippen molar-refractivity contribution in [1.82, 2.24) is 30.4 Å². The van der Waals surface area contributed by atoms with Crippen molar-refractivity contribution in [3.8, 4) is 22.5 Å². The molecule has 0 spiro atoms. The predicted molar refractivity (Wildman–Crippen MR) is 223 cm³/mol. The fourth-order valence-corrected chi connectivity index (χ4v) is 8.57. The second-order valence-corrected chi connectivity index (χ2v) is 15.0. The SMILES string of the molecule is CCCC1(CCC)NC(C(C)Cl)=C(C(=O)OCC)N1Cc1ccc(-c2ccccc2-c2nnnn2C(c2ccccc2)(c2ccccc2)c2ccccc2)cc1. The maximum atomic E-state index is 13.6. The van der Waals surface area contributed by atoms with Crippen molar-refractivity contribution in [1.29, 1.82) is 0 Å². The number of benzene rings is 5. The van der Waals surface area contributed by atoms with E-state index in [4.69, 9.17) is 26.6 Å². The first-order valence-corrected chi connectivity index (χ1v) is 20.1. The number of alkyl halides is 1. The Morgan fingerprint density at radius 2 is 1.27 bits per heavy atom. The molecule has 56 heavy (non-hydrogen) atoms. The van der Waals surface area contributed by atoms with E-state index in [0.29, 0.717) is 18.1 Å². The molecule has 7 rings (SSSR count). The zero-order valence-electron chi connectivity index (χ0n) is 32.5. The van der Waals surface area contributed by atoms with Gasteiger partial charge in [-0.25, -0.2) is 9.48 Å². The molecule has 0 fully saturated rings. The first kappa shape index (κ1) is 38.5. The van der Waals surface area contributed by atoms with E-state index < -0.39 is 11.2 Å². The zero-order chi connectivity index (χ0) is 39.1. The lowest BCUT2D eigenvalue weighted by Gasteiger charge is -2.41. The lowest BCUT2D eigenvalue weighted by atomic mass is 9.77. The molecule has 1 aliphatic heterocycles. The normalized spacial score (nSPS) is 14.4. The lowest BCUT2D eigenvalue weighted by Crippen LogP contribution is -2.53. The average Bonchev–Trinajstić information content (AvgIpc) is 3.84. The Labute approximate surface area is 335 Å². The van der Waals surface area contributed by atoms with Crippen molar-refractivity contribution in [3.05, 3.63) is 173 Å². The van der Waals surface area contributed by atoms with Crippen molar-refractivity contribution in [2.24, 2.45) is 0 Å². The molecule has 8 nitrogen and oxygen atoms in total. The molecule has 5 aromatic carbocycles. The molecule has 1 aromatic heterocycles. The van der Waals surface area contributed by atoms with E-state index >= 15 is 0 Å². The van der Waals surface area contributed by atoms with Crippen LogP contribution in [0.2, 0.25) is 0 Å². The van der Waals surface area contributed by atoms with Crippen LogP contribution in [0.5, 0.6) is 0 Å². The van der Waals surface area contributed by atoms with Crippen molar-refractivity contribution in [2.75, 3.05) is 6.61 Å². The standard InChI is InChI=1S/C47H49ClN6O2/c1-5-31-46(32-6-2)49-42(34(4)48)43(45(55)56-7-3)53(46)33-35-27-29-36(30-28-35)40-25-17-18-26-41(40)44-50-51-52-54(44)47(37-19-11-8-12-20-37,38-21-13-9-14-22-38)39-23-15-10-16-24-39/h8-30,34,49H,5-7,31-33H2,1-4H3. The van der Waals surface area contributed by atoms with Crippen LogP contribution in [0, 0.1) is 0 Å². The van der Waals surface area contributed by atoms with Gasteiger partial charge in [0.1, 0.15) is 16.9 Å². The number of nitrogens with one attached hydrogen (secondary N) is 1. The van der Waals surface area contributed by atoms with Gasteiger partial charge in [-0.1, -0.05) is 166 Å². The highest BCUT2D eigenvalue weighted by atomic mass is 35.5. The number of nitrogens with zero attached hydrogens (tertiary/aromatic N) is 5. The van der Waals surface area contributed by atoms with Crippen LogP contribution in [0.25, 0.3) is 22.5 Å². The number of esters is 1. The van der Waals surface area contributed by atoms with E-state index in [9.17, 15) is 4.79 Å². The molecule has 0 saturated heterocycles. The Balaban J connectivity index is 1.32. The molecule has 2 heterocycles. The molecular weight excluding hydrogens is 716 g/mol. The topological polar surface area (TPSA) is 85.2 Å². The number of hydrogen-bond acceptors (Lipinski definition) is 7. The third kappa shape index (κ3) is 7.10. The van der Waals surface area contributed by atoms with E-state index in [2.05, 4.69) is 138 Å². The summed E-state index contributed by atoms with van der Waals surface area (Å²) in [7, 11) is 0. The Hall–Kier alpha value is -5.73. The monoisotopic (exact) mass is 764 g/mol. The summed E-state index contributed by atoms with van der Waals surface area (Å²) in [6.07, 6.45) is 3.60. The van der Waals surface area contributed by atoms with E-state index in [1.165, 1.54) is 0 Å². The highest BCUT2D eigenvalue weighted by Crippen LogP contribution is 2.44. The molecule has 1 atom stereocenters. The highest BCUT2D eigenvalue weighted by molar-refractivity contribution is 6.22. The van der Waals surface area contributed by atoms with Crippen LogP contribution in [0.1, 0.15) is 75.6 Å². The van der Waals surface area contributed by atoms with E-state index in [1.807, 2.05) is 48.9 Å². The number of tetrazole rings is 1. The fourth-order valence-electron chi connectivity index (χ4n) is 8.41. The largest absolute Gasteiger partial charge is 0.461 e. The Kier molecular flexibility index (Phi) is 11.7. The van der Waals surface area contributed by atoms with Crippen LogP contribution >= 0.6 is 11.6 Å². The van der Waals surface area contributed by atoms with E-state index in [0.717, 1.165) is 70.3 Å². The van der Waals surface area contributed by atoms with Gasteiger partial charge in [-0.3, -0.25) is 0 Å². The van der Waals surface area contributed by atoms with Gasteiger partial charge >= 0.3 is 5.97 Å². The van der Waals surface area contributed by atoms with Gasteiger partial charge in [0.05, 0.1) is 17.7 Å². The Morgan fingerprint density at radius 3 is 1.77 bits per heavy atom. The Bertz CT molecular complexity index is 2150. The van der Waals surface area contributed by atoms with Crippen LogP contribution in [0.4, 0.5) is 0 Å². The van der Waals surface area contributed by atoms with Gasteiger partial charge in [0, 0.05) is 12.1 Å². The fraction of sp³-hybridized carbons (Fsp3) is 0.277. The third-order valence-corrected chi connectivity index (χ3v) is 11.0. The number of ether oxygens (including phenoxy) is 1. The van der Waals surface area contributed by atoms with Gasteiger partial charge in [0.2, 0.25) is 0 Å². The summed E-state index contributed by atoms with van der Waals surface area (Å²) in [6, 6.07) is 48.1. The van der Waals surface area contributed by atoms with Gasteiger partial charge in [-0.2, -0.15) is 0 Å². The van der Waals surface area contributed by atoms with Gasteiger partial charge in [0.25, 0.3) is 0 Å². The van der Waals surface area contributed by atoms with Crippen molar-refractivity contribution < 1.29 is 9.53 Å². The maximum Gasteiger partial charge on any atom is 0.356 e. The minimum Gasteiger partial charge on any atom is -0.461 e. The first-order chi connectivity index (χ1) is 27.4. The zero-order valence-corrected chi connectivity index (χ0v) is 33.3. The van der Waals surface area contributed by atoms with E-state index in [-0.39, 0.29) is 18.0 Å². The number of halogens is 1. The molecule has 0 amide bonds. The summed E-state index contributed by atoms with van der Waals surface area (Å²) in [5, 5.41) is 17.2. The van der Waals surface area contributed by atoms with Gasteiger partial charge in [0.15, 0.2) is 5.82 Å². The smallest absolute Gasteiger partial charge is 0.356 e. The first-order valence-electron chi connectivity index (χ1n) is 19.6. The second-order valence-electron chi connectivity index (χ2n) is 14.3. The van der Waals surface area contributed by atoms with Crippen molar-refractivity contribution in [2.45, 2.75) is 76.5 Å². The molecule has 286 valence electrons. The summed E-state index contributed by atoms with van der Waals surface area (Å²) in [5.74, 6) is 0.290. The molecule has 9 heteroatoms. The number of hydrogen-bond donors (Lipinski definition) is 1. The van der Waals surface area contributed by atoms with Crippen LogP contribution in [0.3, 0.4) is 0 Å². The molecule has 6 aromatic rings. The van der Waals surface area contributed by atoms with Gasteiger partial charge in [-0.15, -0.1) is 16.7 Å². The number of aromatic nitrogens is 4. The lowest BCUT2D eigenvalue weighted by molar-refractivity contribution is -0.141. The minimum atomic E-state index is -0.879. The number of carbonyl (C=O) groups is 1. The van der Waals surface area contributed by atoms with E-state index in [1.54, 1.807) is 0 Å². The quantitative estimate of drug-likeness (QED) is 0.0633. The molecule has 1 unspecified atom stereocenters. The van der Waals surface area contributed by atoms with Gasteiger partial charge < -0.3 is 15.0 Å². The third-order valence-electron chi connectivity index (χ3n) is 10.7. The molecule has 1 aliphatic rings. The summed E-state index contributed by atoms with van der Waals surface area (Å²) < 4.78 is 7.58. The molecule has 0 bridgehead atoms.